The summed E-state index contributed by atoms with van der Waals surface area (Å²) in [6.45, 7) is 4.11. The zero-order valence-electron chi connectivity index (χ0n) is 11.2. The third-order valence-electron chi connectivity index (χ3n) is 3.11. The molecule has 0 spiro atoms. The van der Waals surface area contributed by atoms with Gasteiger partial charge in [-0.15, -0.1) is 0 Å². The predicted octanol–water partition coefficient (Wildman–Crippen LogP) is 4.96. The number of ether oxygens (including phenoxy) is 1. The smallest absolute Gasteiger partial charge is 0.130 e. The van der Waals surface area contributed by atoms with Gasteiger partial charge in [-0.3, -0.25) is 0 Å². The Morgan fingerprint density at radius 2 is 1.84 bits per heavy atom. The van der Waals surface area contributed by atoms with E-state index in [-0.39, 0.29) is 6.04 Å². The second-order valence-electron chi connectivity index (χ2n) is 4.60. The van der Waals surface area contributed by atoms with E-state index < -0.39 is 0 Å². The van der Waals surface area contributed by atoms with Gasteiger partial charge in [-0.05, 0) is 54.8 Å². The minimum atomic E-state index is 0.100. The molecule has 0 aromatic heterocycles. The van der Waals surface area contributed by atoms with Crippen molar-refractivity contribution in [1.82, 2.24) is 0 Å². The third kappa shape index (κ3) is 3.58. The molecule has 2 nitrogen and oxygen atoms in total. The predicted molar refractivity (Wildman–Crippen MR) is 82.6 cm³/mol. The van der Waals surface area contributed by atoms with Gasteiger partial charge in [-0.1, -0.05) is 35.0 Å². The number of aryl methyl sites for hydroxylation is 1. The SMILES string of the molecule is CCC(N)c1ccc(Oc2ccc(Br)cc2C)cc1. The molecule has 0 radical (unpaired) electrons. The van der Waals surface area contributed by atoms with E-state index in [1.165, 1.54) is 0 Å². The lowest BCUT2D eigenvalue weighted by atomic mass is 10.1. The topological polar surface area (TPSA) is 35.2 Å². The van der Waals surface area contributed by atoms with E-state index in [1.807, 2.05) is 49.4 Å². The highest BCUT2D eigenvalue weighted by atomic mass is 79.9. The van der Waals surface area contributed by atoms with Crippen molar-refractivity contribution in [3.05, 3.63) is 58.1 Å². The number of hydrogen-bond donors (Lipinski definition) is 1. The van der Waals surface area contributed by atoms with Crippen LogP contribution in [0.5, 0.6) is 11.5 Å². The fourth-order valence-corrected chi connectivity index (χ4v) is 2.35. The van der Waals surface area contributed by atoms with Gasteiger partial charge in [0, 0.05) is 10.5 Å². The lowest BCUT2D eigenvalue weighted by molar-refractivity contribution is 0.478. The Kier molecular flexibility index (Phi) is 4.61. The molecule has 2 rings (SSSR count). The summed E-state index contributed by atoms with van der Waals surface area (Å²) < 4.78 is 6.93. The number of benzene rings is 2. The van der Waals surface area contributed by atoms with Gasteiger partial charge in [-0.25, -0.2) is 0 Å². The van der Waals surface area contributed by atoms with Crippen molar-refractivity contribution in [3.63, 3.8) is 0 Å². The van der Waals surface area contributed by atoms with Crippen molar-refractivity contribution in [1.29, 1.82) is 0 Å². The van der Waals surface area contributed by atoms with Gasteiger partial charge in [-0.2, -0.15) is 0 Å². The average molecular weight is 320 g/mol. The van der Waals surface area contributed by atoms with Crippen molar-refractivity contribution >= 4 is 15.9 Å². The van der Waals surface area contributed by atoms with Crippen molar-refractivity contribution in [2.45, 2.75) is 26.3 Å². The molecule has 3 heteroatoms. The largest absolute Gasteiger partial charge is 0.457 e. The molecule has 0 saturated carbocycles. The van der Waals surface area contributed by atoms with Gasteiger partial charge in [0.25, 0.3) is 0 Å². The van der Waals surface area contributed by atoms with E-state index in [0.717, 1.165) is 33.5 Å². The molecule has 0 aliphatic rings. The highest BCUT2D eigenvalue weighted by Gasteiger charge is 2.05. The number of rotatable bonds is 4. The Bertz CT molecular complexity index is 551. The molecule has 2 N–H and O–H groups in total. The van der Waals surface area contributed by atoms with Crippen LogP contribution in [0.2, 0.25) is 0 Å². The Morgan fingerprint density at radius 3 is 2.42 bits per heavy atom. The lowest BCUT2D eigenvalue weighted by Gasteiger charge is -2.12. The first-order valence-electron chi connectivity index (χ1n) is 6.39. The molecule has 0 aliphatic heterocycles. The Labute approximate surface area is 122 Å². The third-order valence-corrected chi connectivity index (χ3v) is 3.61. The molecule has 0 heterocycles. The summed E-state index contributed by atoms with van der Waals surface area (Å²) in [5, 5.41) is 0. The van der Waals surface area contributed by atoms with Gasteiger partial charge < -0.3 is 10.5 Å². The van der Waals surface area contributed by atoms with E-state index in [2.05, 4.69) is 22.9 Å². The second kappa shape index (κ2) is 6.22. The van der Waals surface area contributed by atoms with Crippen LogP contribution in [0.1, 0.15) is 30.5 Å². The minimum Gasteiger partial charge on any atom is -0.457 e. The summed E-state index contributed by atoms with van der Waals surface area (Å²) in [4.78, 5) is 0. The first kappa shape index (κ1) is 14.1. The summed E-state index contributed by atoms with van der Waals surface area (Å²) in [5.74, 6) is 1.70. The Hall–Kier alpha value is -1.32. The highest BCUT2D eigenvalue weighted by molar-refractivity contribution is 9.10. The zero-order valence-corrected chi connectivity index (χ0v) is 12.8. The average Bonchev–Trinajstić information content (AvgIpc) is 2.42. The molecule has 1 unspecified atom stereocenters. The molecule has 0 fully saturated rings. The number of halogens is 1. The van der Waals surface area contributed by atoms with Crippen LogP contribution in [0.3, 0.4) is 0 Å². The minimum absolute atomic E-state index is 0.100. The van der Waals surface area contributed by atoms with Gasteiger partial charge in [0.1, 0.15) is 11.5 Å². The van der Waals surface area contributed by atoms with Crippen LogP contribution in [0.15, 0.2) is 46.9 Å². The normalized spacial score (nSPS) is 12.2. The van der Waals surface area contributed by atoms with Crippen LogP contribution in [-0.2, 0) is 0 Å². The fourth-order valence-electron chi connectivity index (χ4n) is 1.87. The second-order valence-corrected chi connectivity index (χ2v) is 5.51. The van der Waals surface area contributed by atoms with E-state index in [1.54, 1.807) is 0 Å². The van der Waals surface area contributed by atoms with Crippen molar-refractivity contribution in [2.24, 2.45) is 5.73 Å². The van der Waals surface area contributed by atoms with Crippen molar-refractivity contribution in [2.75, 3.05) is 0 Å². The first-order valence-corrected chi connectivity index (χ1v) is 7.19. The maximum absolute atomic E-state index is 5.99. The van der Waals surface area contributed by atoms with Crippen LogP contribution in [0, 0.1) is 6.92 Å². The summed E-state index contributed by atoms with van der Waals surface area (Å²) in [6, 6.07) is 14.1. The molecule has 0 bridgehead atoms. The van der Waals surface area contributed by atoms with E-state index in [4.69, 9.17) is 10.5 Å². The van der Waals surface area contributed by atoms with Crippen LogP contribution < -0.4 is 10.5 Å². The number of nitrogens with two attached hydrogens (primary N) is 1. The van der Waals surface area contributed by atoms with Gasteiger partial charge >= 0.3 is 0 Å². The van der Waals surface area contributed by atoms with Crippen LogP contribution in [0.4, 0.5) is 0 Å². The van der Waals surface area contributed by atoms with Crippen molar-refractivity contribution in [3.8, 4) is 11.5 Å². The molecule has 2 aromatic carbocycles. The Morgan fingerprint density at radius 1 is 1.16 bits per heavy atom. The molecule has 0 aliphatic carbocycles. The first-order chi connectivity index (χ1) is 9.10. The molecule has 0 amide bonds. The van der Waals surface area contributed by atoms with Gasteiger partial charge in [0.15, 0.2) is 0 Å². The zero-order chi connectivity index (χ0) is 13.8. The molecule has 0 saturated heterocycles. The standard InChI is InChI=1S/C16H18BrNO/c1-3-15(18)12-4-7-14(8-5-12)19-16-9-6-13(17)10-11(16)2/h4-10,15H,3,18H2,1-2H3. The monoisotopic (exact) mass is 319 g/mol. The highest BCUT2D eigenvalue weighted by Crippen LogP contribution is 2.28. The molecular formula is C16H18BrNO. The Balaban J connectivity index is 2.15. The maximum Gasteiger partial charge on any atom is 0.130 e. The molecule has 2 aromatic rings. The van der Waals surface area contributed by atoms with Crippen LogP contribution in [-0.4, -0.2) is 0 Å². The molecule has 100 valence electrons. The summed E-state index contributed by atoms with van der Waals surface area (Å²) in [7, 11) is 0. The summed E-state index contributed by atoms with van der Waals surface area (Å²) in [5.41, 5.74) is 8.23. The van der Waals surface area contributed by atoms with Crippen LogP contribution >= 0.6 is 15.9 Å². The van der Waals surface area contributed by atoms with Crippen molar-refractivity contribution < 1.29 is 4.74 Å². The summed E-state index contributed by atoms with van der Waals surface area (Å²) >= 11 is 3.45. The quantitative estimate of drug-likeness (QED) is 0.864. The molecular weight excluding hydrogens is 302 g/mol. The van der Waals surface area contributed by atoms with Gasteiger partial charge in [0.2, 0.25) is 0 Å². The fraction of sp³-hybridized carbons (Fsp3) is 0.250. The summed E-state index contributed by atoms with van der Waals surface area (Å²) in [6.07, 6.45) is 0.937. The van der Waals surface area contributed by atoms with E-state index >= 15 is 0 Å². The van der Waals surface area contributed by atoms with E-state index in [0.29, 0.717) is 0 Å². The van der Waals surface area contributed by atoms with E-state index in [9.17, 15) is 0 Å². The molecule has 19 heavy (non-hydrogen) atoms. The maximum atomic E-state index is 5.99. The van der Waals surface area contributed by atoms with Crippen LogP contribution in [0.25, 0.3) is 0 Å². The van der Waals surface area contributed by atoms with Gasteiger partial charge in [0.05, 0.1) is 0 Å². The lowest BCUT2D eigenvalue weighted by Crippen LogP contribution is -2.08. The molecule has 1 atom stereocenters. The number of hydrogen-bond acceptors (Lipinski definition) is 2.